The van der Waals surface area contributed by atoms with Crippen LogP contribution in [0.3, 0.4) is 0 Å². The van der Waals surface area contributed by atoms with E-state index in [2.05, 4.69) is 33.1 Å². The fourth-order valence-corrected chi connectivity index (χ4v) is 0.577. The van der Waals surface area contributed by atoms with Gasteiger partial charge in [0.25, 0.3) is 0 Å². The summed E-state index contributed by atoms with van der Waals surface area (Å²) in [7, 11) is 0. The van der Waals surface area contributed by atoms with Crippen molar-refractivity contribution < 1.29 is 4.79 Å². The van der Waals surface area contributed by atoms with Gasteiger partial charge in [-0.15, -0.1) is 0 Å². The molecular weight excluding hydrogens is 138 g/mol. The van der Waals surface area contributed by atoms with Gasteiger partial charge in [-0.05, 0) is 12.0 Å². The van der Waals surface area contributed by atoms with Gasteiger partial charge in [0.15, 0.2) is 0 Å². The van der Waals surface area contributed by atoms with Crippen LogP contribution in [-0.2, 0) is 4.79 Å². The summed E-state index contributed by atoms with van der Waals surface area (Å²) < 4.78 is 0. The van der Waals surface area contributed by atoms with Gasteiger partial charge < -0.3 is 5.73 Å². The number of hydrogen-bond acceptors (Lipinski definition) is 1. The first-order valence-corrected chi connectivity index (χ1v) is 3.96. The van der Waals surface area contributed by atoms with Gasteiger partial charge in [-0.25, -0.2) is 0 Å². The Balaban J connectivity index is 0. The number of carbonyl (C=O) groups excluding carboxylic acids is 1. The van der Waals surface area contributed by atoms with Gasteiger partial charge in [-0.2, -0.15) is 0 Å². The first kappa shape index (κ1) is 12.8. The van der Waals surface area contributed by atoms with E-state index in [0.717, 1.165) is 12.0 Å². The van der Waals surface area contributed by atoms with Crippen LogP contribution in [0.25, 0.3) is 0 Å². The van der Waals surface area contributed by atoms with Crippen LogP contribution in [0.4, 0.5) is 0 Å². The Labute approximate surface area is 69.5 Å². The number of carbonyl (C=O) groups is 1. The SMILES string of the molecule is C=CC(N)=O.CCCC(C)C. The molecule has 0 spiro atoms. The zero-order valence-electron chi connectivity index (χ0n) is 7.76. The second-order valence-corrected chi connectivity index (χ2v) is 2.79. The minimum absolute atomic E-state index is 0.481. The third kappa shape index (κ3) is 27.0. The second-order valence-electron chi connectivity index (χ2n) is 2.79. The van der Waals surface area contributed by atoms with Gasteiger partial charge in [0.2, 0.25) is 5.91 Å². The van der Waals surface area contributed by atoms with E-state index in [0.29, 0.717) is 0 Å². The summed E-state index contributed by atoms with van der Waals surface area (Å²) in [5.41, 5.74) is 4.53. The van der Waals surface area contributed by atoms with Crippen molar-refractivity contribution in [1.82, 2.24) is 0 Å². The van der Waals surface area contributed by atoms with Gasteiger partial charge in [0, 0.05) is 0 Å². The predicted molar refractivity (Wildman–Crippen MR) is 49.1 cm³/mol. The van der Waals surface area contributed by atoms with Crippen molar-refractivity contribution in [3.05, 3.63) is 12.7 Å². The monoisotopic (exact) mass is 157 g/mol. The minimum atomic E-state index is -0.481. The van der Waals surface area contributed by atoms with Crippen LogP contribution in [0.5, 0.6) is 0 Å². The quantitative estimate of drug-likeness (QED) is 0.626. The topological polar surface area (TPSA) is 43.1 Å². The van der Waals surface area contributed by atoms with Crippen LogP contribution in [0.2, 0.25) is 0 Å². The van der Waals surface area contributed by atoms with E-state index in [1.165, 1.54) is 12.8 Å². The van der Waals surface area contributed by atoms with Gasteiger partial charge >= 0.3 is 0 Å². The lowest BCUT2D eigenvalue weighted by atomic mass is 10.1. The molecule has 0 aromatic rings. The largest absolute Gasteiger partial charge is 0.366 e. The fraction of sp³-hybridized carbons (Fsp3) is 0.667. The molecule has 0 heterocycles. The maximum Gasteiger partial charge on any atom is 0.240 e. The van der Waals surface area contributed by atoms with Crippen LogP contribution in [-0.4, -0.2) is 5.91 Å². The van der Waals surface area contributed by atoms with Crippen molar-refractivity contribution in [3.8, 4) is 0 Å². The zero-order valence-corrected chi connectivity index (χ0v) is 7.76. The summed E-state index contributed by atoms with van der Waals surface area (Å²) in [6.45, 7) is 9.81. The van der Waals surface area contributed by atoms with E-state index in [1.54, 1.807) is 0 Å². The molecule has 0 aliphatic carbocycles. The Hall–Kier alpha value is -0.790. The summed E-state index contributed by atoms with van der Waals surface area (Å²) in [5, 5.41) is 0. The lowest BCUT2D eigenvalue weighted by molar-refractivity contribution is -0.113. The third-order valence-electron chi connectivity index (χ3n) is 1.07. The summed E-state index contributed by atoms with van der Waals surface area (Å²) in [5.74, 6) is 0.417. The van der Waals surface area contributed by atoms with Gasteiger partial charge in [-0.3, -0.25) is 4.79 Å². The molecule has 0 aliphatic rings. The summed E-state index contributed by atoms with van der Waals surface area (Å²) in [6, 6.07) is 0. The Kier molecular flexibility index (Phi) is 10.8. The van der Waals surface area contributed by atoms with E-state index >= 15 is 0 Å². The number of amides is 1. The fourth-order valence-electron chi connectivity index (χ4n) is 0.577. The molecule has 0 saturated heterocycles. The Bertz CT molecular complexity index is 108. The van der Waals surface area contributed by atoms with Gasteiger partial charge in [0.05, 0.1) is 0 Å². The molecule has 0 rings (SSSR count). The van der Waals surface area contributed by atoms with Crippen molar-refractivity contribution in [3.63, 3.8) is 0 Å². The number of primary amides is 1. The average molecular weight is 157 g/mol. The van der Waals surface area contributed by atoms with Gasteiger partial charge in [-0.1, -0.05) is 40.2 Å². The summed E-state index contributed by atoms with van der Waals surface area (Å²) >= 11 is 0. The molecule has 0 atom stereocenters. The highest BCUT2D eigenvalue weighted by molar-refractivity contribution is 5.84. The van der Waals surface area contributed by atoms with Crippen molar-refractivity contribution in [1.29, 1.82) is 0 Å². The van der Waals surface area contributed by atoms with Gasteiger partial charge in [0.1, 0.15) is 0 Å². The molecule has 0 aliphatic heterocycles. The molecule has 0 saturated carbocycles. The molecule has 0 bridgehead atoms. The third-order valence-corrected chi connectivity index (χ3v) is 1.07. The van der Waals surface area contributed by atoms with Crippen LogP contribution in [0.15, 0.2) is 12.7 Å². The van der Waals surface area contributed by atoms with E-state index < -0.39 is 5.91 Å². The molecule has 2 heteroatoms. The van der Waals surface area contributed by atoms with Crippen LogP contribution in [0.1, 0.15) is 33.6 Å². The maximum atomic E-state index is 9.47. The number of hydrogen-bond donors (Lipinski definition) is 1. The molecule has 66 valence electrons. The molecule has 0 aromatic carbocycles. The maximum absolute atomic E-state index is 9.47. The van der Waals surface area contributed by atoms with E-state index in [9.17, 15) is 4.79 Å². The Morgan fingerprint density at radius 1 is 1.64 bits per heavy atom. The lowest BCUT2D eigenvalue weighted by Crippen LogP contribution is -2.04. The Morgan fingerprint density at radius 3 is 2.00 bits per heavy atom. The molecule has 0 radical (unpaired) electrons. The highest BCUT2D eigenvalue weighted by Gasteiger charge is 1.85. The summed E-state index contributed by atoms with van der Waals surface area (Å²) in [4.78, 5) is 9.47. The number of nitrogens with two attached hydrogens (primary N) is 1. The normalized spacial score (nSPS) is 8.36. The molecule has 11 heavy (non-hydrogen) atoms. The first-order valence-electron chi connectivity index (χ1n) is 3.96. The molecule has 0 unspecified atom stereocenters. The smallest absolute Gasteiger partial charge is 0.240 e. The highest BCUT2D eigenvalue weighted by atomic mass is 16.1. The molecule has 2 nitrogen and oxygen atoms in total. The highest BCUT2D eigenvalue weighted by Crippen LogP contribution is 2.00. The summed E-state index contributed by atoms with van der Waals surface area (Å²) in [6.07, 6.45) is 3.76. The number of rotatable bonds is 3. The molecule has 0 fully saturated rings. The van der Waals surface area contributed by atoms with E-state index in [1.807, 2.05) is 0 Å². The molecule has 1 amide bonds. The lowest BCUT2D eigenvalue weighted by Gasteiger charge is -1.95. The standard InChI is InChI=1S/C6H14.C3H5NO/c1-4-5-6(2)3;1-2-3(4)5/h6H,4-5H2,1-3H3;2H,1H2,(H2,4,5). The van der Waals surface area contributed by atoms with E-state index in [4.69, 9.17) is 0 Å². The average Bonchev–Trinajstić information content (AvgIpc) is 1.89. The van der Waals surface area contributed by atoms with Crippen LogP contribution >= 0.6 is 0 Å². The molecule has 0 aromatic heterocycles. The van der Waals surface area contributed by atoms with E-state index in [-0.39, 0.29) is 0 Å². The van der Waals surface area contributed by atoms with Crippen LogP contribution in [0, 0.1) is 5.92 Å². The van der Waals surface area contributed by atoms with Crippen molar-refractivity contribution in [2.75, 3.05) is 0 Å². The molecule has 2 N–H and O–H groups in total. The van der Waals surface area contributed by atoms with Crippen LogP contribution < -0.4 is 5.73 Å². The Morgan fingerprint density at radius 2 is 2.00 bits per heavy atom. The molecular formula is C9H19NO. The minimum Gasteiger partial charge on any atom is -0.366 e. The van der Waals surface area contributed by atoms with Crippen molar-refractivity contribution in [2.45, 2.75) is 33.6 Å². The van der Waals surface area contributed by atoms with Crippen molar-refractivity contribution in [2.24, 2.45) is 11.7 Å². The first-order chi connectivity index (χ1) is 5.04. The predicted octanol–water partition coefficient (Wildman–Crippen LogP) is 2.10. The second kappa shape index (κ2) is 9.21. The zero-order chi connectivity index (χ0) is 9.28. The van der Waals surface area contributed by atoms with Crippen molar-refractivity contribution >= 4 is 5.91 Å².